The molecular weight excluding hydrogens is 244 g/mol. The molecule has 1 aromatic rings. The highest BCUT2D eigenvalue weighted by Crippen LogP contribution is 2.36. The van der Waals surface area contributed by atoms with Gasteiger partial charge in [0.1, 0.15) is 11.6 Å². The van der Waals surface area contributed by atoms with Crippen LogP contribution in [-0.4, -0.2) is 13.1 Å². The van der Waals surface area contributed by atoms with E-state index in [2.05, 4.69) is 19.2 Å². The molecular formula is C16H23F2N. The first-order valence-corrected chi connectivity index (χ1v) is 7.20. The molecule has 2 unspecified atom stereocenters. The second-order valence-corrected chi connectivity index (χ2v) is 6.13. The molecule has 0 heterocycles. The first kappa shape index (κ1) is 14.4. The first-order valence-electron chi connectivity index (χ1n) is 7.20. The fraction of sp³-hybridized carbons (Fsp3) is 0.625. The van der Waals surface area contributed by atoms with E-state index in [1.54, 1.807) is 0 Å². The summed E-state index contributed by atoms with van der Waals surface area (Å²) in [7, 11) is 0. The van der Waals surface area contributed by atoms with Gasteiger partial charge in [-0.1, -0.05) is 13.8 Å². The number of benzene rings is 1. The molecule has 0 aromatic heterocycles. The van der Waals surface area contributed by atoms with Gasteiger partial charge < -0.3 is 5.32 Å². The number of nitrogens with one attached hydrogen (secondary N) is 1. The molecule has 0 bridgehead atoms. The zero-order valence-electron chi connectivity index (χ0n) is 11.8. The Morgan fingerprint density at radius 1 is 1.11 bits per heavy atom. The lowest BCUT2D eigenvalue weighted by atomic mass is 9.70. The van der Waals surface area contributed by atoms with E-state index in [1.807, 2.05) is 0 Å². The quantitative estimate of drug-likeness (QED) is 0.827. The molecule has 1 aliphatic rings. The van der Waals surface area contributed by atoms with Gasteiger partial charge in [-0.05, 0) is 67.8 Å². The molecule has 1 nitrogen and oxygen atoms in total. The number of hydrogen-bond donors (Lipinski definition) is 1. The summed E-state index contributed by atoms with van der Waals surface area (Å²) in [4.78, 5) is 0. The van der Waals surface area contributed by atoms with Crippen molar-refractivity contribution in [2.24, 2.45) is 17.8 Å². The SMILES string of the molecule is CC(C)CNCC1CCC1Cc1cc(F)cc(F)c1. The first-order chi connectivity index (χ1) is 9.04. The molecule has 106 valence electrons. The van der Waals surface area contributed by atoms with Crippen molar-refractivity contribution < 1.29 is 8.78 Å². The summed E-state index contributed by atoms with van der Waals surface area (Å²) in [5, 5.41) is 3.48. The fourth-order valence-corrected chi connectivity index (χ4v) is 2.76. The van der Waals surface area contributed by atoms with Crippen molar-refractivity contribution in [3.05, 3.63) is 35.4 Å². The molecule has 1 aromatic carbocycles. The largest absolute Gasteiger partial charge is 0.316 e. The van der Waals surface area contributed by atoms with E-state index in [1.165, 1.54) is 25.0 Å². The van der Waals surface area contributed by atoms with Gasteiger partial charge in [0, 0.05) is 6.07 Å². The van der Waals surface area contributed by atoms with E-state index >= 15 is 0 Å². The molecule has 1 aliphatic carbocycles. The van der Waals surface area contributed by atoms with Crippen LogP contribution in [0.4, 0.5) is 8.78 Å². The third kappa shape index (κ3) is 4.27. The van der Waals surface area contributed by atoms with Gasteiger partial charge in [-0.3, -0.25) is 0 Å². The van der Waals surface area contributed by atoms with Crippen molar-refractivity contribution in [3.8, 4) is 0 Å². The molecule has 0 amide bonds. The molecule has 0 aliphatic heterocycles. The van der Waals surface area contributed by atoms with Crippen molar-refractivity contribution in [3.63, 3.8) is 0 Å². The average molecular weight is 267 g/mol. The minimum Gasteiger partial charge on any atom is -0.316 e. The Bertz CT molecular complexity index is 397. The van der Waals surface area contributed by atoms with Crippen molar-refractivity contribution in [2.75, 3.05) is 13.1 Å². The van der Waals surface area contributed by atoms with Crippen LogP contribution in [0.15, 0.2) is 18.2 Å². The smallest absolute Gasteiger partial charge is 0.126 e. The van der Waals surface area contributed by atoms with Crippen molar-refractivity contribution in [1.82, 2.24) is 5.32 Å². The zero-order chi connectivity index (χ0) is 13.8. The maximum Gasteiger partial charge on any atom is 0.126 e. The van der Waals surface area contributed by atoms with Gasteiger partial charge in [-0.2, -0.15) is 0 Å². The summed E-state index contributed by atoms with van der Waals surface area (Å²) < 4.78 is 26.3. The Kier molecular flexibility index (Phi) is 4.92. The second kappa shape index (κ2) is 6.47. The Morgan fingerprint density at radius 3 is 2.26 bits per heavy atom. The highest BCUT2D eigenvalue weighted by molar-refractivity contribution is 5.19. The molecule has 3 heteroatoms. The molecule has 0 saturated heterocycles. The number of hydrogen-bond acceptors (Lipinski definition) is 1. The highest BCUT2D eigenvalue weighted by atomic mass is 19.1. The monoisotopic (exact) mass is 267 g/mol. The predicted molar refractivity (Wildman–Crippen MR) is 74.0 cm³/mol. The summed E-state index contributed by atoms with van der Waals surface area (Å²) in [6.07, 6.45) is 3.20. The lowest BCUT2D eigenvalue weighted by Gasteiger charge is -2.37. The summed E-state index contributed by atoms with van der Waals surface area (Å²) in [5.74, 6) is 0.953. The maximum absolute atomic E-state index is 13.1. The third-order valence-corrected chi connectivity index (χ3v) is 3.95. The summed E-state index contributed by atoms with van der Waals surface area (Å²) in [5.41, 5.74) is 0.788. The second-order valence-electron chi connectivity index (χ2n) is 6.13. The van der Waals surface area contributed by atoms with Gasteiger partial charge in [0.25, 0.3) is 0 Å². The molecule has 19 heavy (non-hydrogen) atoms. The number of halogens is 2. The average Bonchev–Trinajstić information content (AvgIpc) is 2.29. The Hall–Kier alpha value is -0.960. The van der Waals surface area contributed by atoms with Gasteiger partial charge in [-0.15, -0.1) is 0 Å². The van der Waals surface area contributed by atoms with Crippen LogP contribution in [0, 0.1) is 29.4 Å². The standard InChI is InChI=1S/C16H23F2N/c1-11(2)9-19-10-14-4-3-13(14)5-12-6-15(17)8-16(18)7-12/h6-8,11,13-14,19H,3-5,9-10H2,1-2H3. The molecule has 0 radical (unpaired) electrons. The van der Waals surface area contributed by atoms with E-state index in [4.69, 9.17) is 0 Å². The van der Waals surface area contributed by atoms with Crippen LogP contribution in [0.2, 0.25) is 0 Å². The minimum atomic E-state index is -0.469. The van der Waals surface area contributed by atoms with Crippen LogP contribution in [-0.2, 0) is 6.42 Å². The predicted octanol–water partition coefficient (Wildman–Crippen LogP) is 3.78. The Labute approximate surface area is 114 Å². The Balaban J connectivity index is 1.82. The van der Waals surface area contributed by atoms with Gasteiger partial charge in [0.2, 0.25) is 0 Å². The van der Waals surface area contributed by atoms with Crippen molar-refractivity contribution >= 4 is 0 Å². The van der Waals surface area contributed by atoms with E-state index in [-0.39, 0.29) is 0 Å². The summed E-state index contributed by atoms with van der Waals surface area (Å²) in [6.45, 7) is 6.46. The van der Waals surface area contributed by atoms with Gasteiger partial charge >= 0.3 is 0 Å². The van der Waals surface area contributed by atoms with Crippen LogP contribution in [0.1, 0.15) is 32.3 Å². The highest BCUT2D eigenvalue weighted by Gasteiger charge is 2.30. The van der Waals surface area contributed by atoms with Crippen molar-refractivity contribution in [2.45, 2.75) is 33.1 Å². The van der Waals surface area contributed by atoms with Gasteiger partial charge in [0.15, 0.2) is 0 Å². The summed E-state index contributed by atoms with van der Waals surface area (Å²) >= 11 is 0. The maximum atomic E-state index is 13.1. The Morgan fingerprint density at radius 2 is 1.74 bits per heavy atom. The molecule has 1 saturated carbocycles. The normalized spacial score (nSPS) is 22.6. The minimum absolute atomic E-state index is 0.469. The molecule has 2 atom stereocenters. The van der Waals surface area contributed by atoms with Crippen LogP contribution < -0.4 is 5.32 Å². The van der Waals surface area contributed by atoms with E-state index in [0.29, 0.717) is 17.8 Å². The number of rotatable bonds is 6. The van der Waals surface area contributed by atoms with Crippen LogP contribution >= 0.6 is 0 Å². The molecule has 0 spiro atoms. The van der Waals surface area contributed by atoms with Crippen LogP contribution in [0.3, 0.4) is 0 Å². The van der Waals surface area contributed by atoms with E-state index in [9.17, 15) is 8.78 Å². The lowest BCUT2D eigenvalue weighted by Crippen LogP contribution is -2.37. The molecule has 2 rings (SSSR count). The van der Waals surface area contributed by atoms with Crippen LogP contribution in [0.5, 0.6) is 0 Å². The van der Waals surface area contributed by atoms with E-state index < -0.39 is 11.6 Å². The third-order valence-electron chi connectivity index (χ3n) is 3.95. The van der Waals surface area contributed by atoms with Gasteiger partial charge in [-0.25, -0.2) is 8.78 Å². The van der Waals surface area contributed by atoms with E-state index in [0.717, 1.165) is 31.1 Å². The zero-order valence-corrected chi connectivity index (χ0v) is 11.8. The van der Waals surface area contributed by atoms with Gasteiger partial charge in [0.05, 0.1) is 0 Å². The molecule has 1 fully saturated rings. The fourth-order valence-electron chi connectivity index (χ4n) is 2.76. The lowest BCUT2D eigenvalue weighted by molar-refractivity contribution is 0.169. The summed E-state index contributed by atoms with van der Waals surface area (Å²) in [6, 6.07) is 3.85. The topological polar surface area (TPSA) is 12.0 Å². The van der Waals surface area contributed by atoms with Crippen molar-refractivity contribution in [1.29, 1.82) is 0 Å². The van der Waals surface area contributed by atoms with Crippen LogP contribution in [0.25, 0.3) is 0 Å². The molecule has 1 N–H and O–H groups in total.